The molecule has 0 aliphatic rings. The largest absolute Gasteiger partial charge is 0.368 e. The summed E-state index contributed by atoms with van der Waals surface area (Å²) in [6.45, 7) is -0.542. The van der Waals surface area contributed by atoms with Crippen molar-refractivity contribution < 1.29 is 13.2 Å². The molecule has 1 amide bonds. The maximum Gasteiger partial charge on any atom is 0.264 e. The second-order valence-corrected chi connectivity index (χ2v) is 8.15. The third-order valence-corrected chi connectivity index (χ3v) is 5.72. The van der Waals surface area contributed by atoms with Crippen LogP contribution in [0.4, 0.5) is 5.69 Å². The van der Waals surface area contributed by atoms with Gasteiger partial charge in [-0.2, -0.15) is 0 Å². The normalized spacial score (nSPS) is 11.3. The third-order valence-electron chi connectivity index (χ3n) is 2.88. The molecule has 0 aliphatic carbocycles. The van der Waals surface area contributed by atoms with Gasteiger partial charge in [-0.05, 0) is 42.5 Å². The molecule has 0 aliphatic heterocycles. The molecule has 0 saturated carbocycles. The van der Waals surface area contributed by atoms with Crippen molar-refractivity contribution in [2.75, 3.05) is 10.8 Å². The van der Waals surface area contributed by atoms with E-state index in [9.17, 15) is 13.2 Å². The Morgan fingerprint density at radius 3 is 2.26 bits per heavy atom. The zero-order valence-corrected chi connectivity index (χ0v) is 15.5. The van der Waals surface area contributed by atoms with Gasteiger partial charge in [0.05, 0.1) is 15.6 Å². The van der Waals surface area contributed by atoms with Crippen LogP contribution in [0.5, 0.6) is 0 Å². The number of carbonyl (C=O) groups excluding carboxylic acids is 1. The molecule has 0 unspecified atom stereocenters. The average molecular weight is 438 g/mol. The lowest BCUT2D eigenvalue weighted by molar-refractivity contribution is -0.116. The Morgan fingerprint density at radius 1 is 1.13 bits per heavy atom. The van der Waals surface area contributed by atoms with Gasteiger partial charge in [0.15, 0.2) is 0 Å². The molecule has 122 valence electrons. The summed E-state index contributed by atoms with van der Waals surface area (Å²) in [5.74, 6) is -0.809. The van der Waals surface area contributed by atoms with Gasteiger partial charge in [0.2, 0.25) is 5.91 Å². The van der Waals surface area contributed by atoms with E-state index in [2.05, 4.69) is 15.9 Å². The van der Waals surface area contributed by atoms with Gasteiger partial charge >= 0.3 is 0 Å². The molecule has 5 nitrogen and oxygen atoms in total. The Hall–Kier alpha value is -1.28. The summed E-state index contributed by atoms with van der Waals surface area (Å²) in [6.07, 6.45) is 0. The van der Waals surface area contributed by atoms with E-state index in [0.717, 1.165) is 8.78 Å². The maximum atomic E-state index is 12.8. The van der Waals surface area contributed by atoms with Gasteiger partial charge in [0.25, 0.3) is 10.0 Å². The summed E-state index contributed by atoms with van der Waals surface area (Å²) < 4.78 is 27.2. The Morgan fingerprint density at radius 2 is 1.74 bits per heavy atom. The number of primary amides is 1. The zero-order chi connectivity index (χ0) is 17.2. The van der Waals surface area contributed by atoms with E-state index >= 15 is 0 Å². The highest BCUT2D eigenvalue weighted by molar-refractivity contribution is 9.10. The molecule has 2 rings (SSSR count). The molecule has 0 fully saturated rings. The number of hydrogen-bond donors (Lipinski definition) is 1. The van der Waals surface area contributed by atoms with Crippen LogP contribution in [0.25, 0.3) is 0 Å². The fourth-order valence-electron chi connectivity index (χ4n) is 1.86. The molecule has 0 radical (unpaired) electrons. The SMILES string of the molecule is NC(=O)CN(c1ccc(Cl)cc1Cl)S(=O)(=O)c1ccc(Br)cc1. The number of anilines is 1. The van der Waals surface area contributed by atoms with Crippen LogP contribution in [0.1, 0.15) is 0 Å². The van der Waals surface area contributed by atoms with Crippen LogP contribution in [0.2, 0.25) is 10.0 Å². The number of halogens is 3. The van der Waals surface area contributed by atoms with E-state index in [1.807, 2.05) is 0 Å². The highest BCUT2D eigenvalue weighted by Gasteiger charge is 2.28. The van der Waals surface area contributed by atoms with Gasteiger partial charge in [0, 0.05) is 9.50 Å². The number of carbonyl (C=O) groups is 1. The fraction of sp³-hybridized carbons (Fsp3) is 0.0714. The predicted octanol–water partition coefficient (Wildman–Crippen LogP) is 3.44. The minimum Gasteiger partial charge on any atom is -0.368 e. The van der Waals surface area contributed by atoms with Gasteiger partial charge in [-0.15, -0.1) is 0 Å². The molecular weight excluding hydrogens is 427 g/mol. The third kappa shape index (κ3) is 4.17. The van der Waals surface area contributed by atoms with Gasteiger partial charge in [-0.3, -0.25) is 9.10 Å². The molecule has 2 aromatic carbocycles. The summed E-state index contributed by atoms with van der Waals surface area (Å²) in [6, 6.07) is 10.3. The quantitative estimate of drug-likeness (QED) is 0.777. The lowest BCUT2D eigenvalue weighted by Gasteiger charge is -2.24. The predicted molar refractivity (Wildman–Crippen MR) is 94.3 cm³/mol. The van der Waals surface area contributed by atoms with Crippen molar-refractivity contribution in [1.29, 1.82) is 0 Å². The van der Waals surface area contributed by atoms with Crippen LogP contribution in [-0.2, 0) is 14.8 Å². The van der Waals surface area contributed by atoms with Crippen molar-refractivity contribution in [3.8, 4) is 0 Å². The van der Waals surface area contributed by atoms with Crippen molar-refractivity contribution in [1.82, 2.24) is 0 Å². The smallest absolute Gasteiger partial charge is 0.264 e. The van der Waals surface area contributed by atoms with Crippen molar-refractivity contribution >= 4 is 60.7 Å². The number of benzene rings is 2. The monoisotopic (exact) mass is 436 g/mol. The molecule has 0 bridgehead atoms. The van der Waals surface area contributed by atoms with Crippen molar-refractivity contribution in [2.24, 2.45) is 5.73 Å². The Labute approximate surface area is 152 Å². The van der Waals surface area contributed by atoms with E-state index in [-0.39, 0.29) is 15.6 Å². The lowest BCUT2D eigenvalue weighted by Crippen LogP contribution is -2.38. The molecule has 0 spiro atoms. The first-order valence-corrected chi connectivity index (χ1v) is 9.22. The van der Waals surface area contributed by atoms with E-state index < -0.39 is 22.5 Å². The van der Waals surface area contributed by atoms with E-state index in [1.54, 1.807) is 12.1 Å². The van der Waals surface area contributed by atoms with Crippen molar-refractivity contribution in [3.63, 3.8) is 0 Å². The highest BCUT2D eigenvalue weighted by atomic mass is 79.9. The second kappa shape index (κ2) is 7.09. The number of sulfonamides is 1. The minimum absolute atomic E-state index is 0.00738. The van der Waals surface area contributed by atoms with E-state index in [0.29, 0.717) is 5.02 Å². The maximum absolute atomic E-state index is 12.8. The first kappa shape index (κ1) is 18.1. The van der Waals surface area contributed by atoms with Gasteiger partial charge in [-0.1, -0.05) is 39.1 Å². The first-order valence-electron chi connectivity index (χ1n) is 6.23. The summed E-state index contributed by atoms with van der Waals surface area (Å²) >= 11 is 15.1. The van der Waals surface area contributed by atoms with Crippen LogP contribution >= 0.6 is 39.1 Å². The van der Waals surface area contributed by atoms with Crippen LogP contribution in [0.3, 0.4) is 0 Å². The number of hydrogen-bond acceptors (Lipinski definition) is 3. The average Bonchev–Trinajstić information content (AvgIpc) is 2.45. The summed E-state index contributed by atoms with van der Waals surface area (Å²) in [4.78, 5) is 11.3. The van der Waals surface area contributed by atoms with Gasteiger partial charge in [0.1, 0.15) is 6.54 Å². The highest BCUT2D eigenvalue weighted by Crippen LogP contribution is 2.32. The molecule has 0 heterocycles. The first-order chi connectivity index (χ1) is 10.7. The number of rotatable bonds is 5. The second-order valence-electron chi connectivity index (χ2n) is 4.53. The van der Waals surface area contributed by atoms with E-state index in [4.69, 9.17) is 28.9 Å². The standard InChI is InChI=1S/C14H11BrCl2N2O3S/c15-9-1-4-11(5-2-9)23(21,22)19(8-14(18)20)13-6-3-10(16)7-12(13)17/h1-7H,8H2,(H2,18,20). The lowest BCUT2D eigenvalue weighted by atomic mass is 10.3. The molecule has 9 heteroatoms. The molecule has 0 aromatic heterocycles. The number of amides is 1. The molecule has 0 atom stereocenters. The van der Waals surface area contributed by atoms with Gasteiger partial charge in [-0.25, -0.2) is 8.42 Å². The van der Waals surface area contributed by atoms with E-state index in [1.165, 1.54) is 30.3 Å². The zero-order valence-electron chi connectivity index (χ0n) is 11.5. The molecular formula is C14H11BrCl2N2O3S. The topological polar surface area (TPSA) is 80.5 Å². The molecule has 2 N–H and O–H groups in total. The van der Waals surface area contributed by atoms with Crippen LogP contribution < -0.4 is 10.0 Å². The molecule has 2 aromatic rings. The number of nitrogens with two attached hydrogens (primary N) is 1. The number of nitrogens with zero attached hydrogens (tertiary/aromatic N) is 1. The summed E-state index contributed by atoms with van der Waals surface area (Å²) in [7, 11) is -4.02. The summed E-state index contributed by atoms with van der Waals surface area (Å²) in [5.41, 5.74) is 5.31. The fourth-order valence-corrected chi connectivity index (χ4v) is 4.13. The van der Waals surface area contributed by atoms with Crippen LogP contribution in [-0.4, -0.2) is 20.9 Å². The molecule has 23 heavy (non-hydrogen) atoms. The van der Waals surface area contributed by atoms with Gasteiger partial charge < -0.3 is 5.73 Å². The Kier molecular flexibility index (Phi) is 5.57. The van der Waals surface area contributed by atoms with Crippen molar-refractivity contribution in [2.45, 2.75) is 4.90 Å². The summed E-state index contributed by atoms with van der Waals surface area (Å²) in [5, 5.41) is 0.443. The molecule has 0 saturated heterocycles. The van der Waals surface area contributed by atoms with Crippen molar-refractivity contribution in [3.05, 3.63) is 57.0 Å². The Balaban J connectivity index is 2.57. The van der Waals surface area contributed by atoms with Crippen LogP contribution in [0.15, 0.2) is 51.8 Å². The Bertz CT molecular complexity index is 842. The minimum atomic E-state index is -4.02. The van der Waals surface area contributed by atoms with Crippen LogP contribution in [0, 0.1) is 0 Å².